The van der Waals surface area contributed by atoms with Crippen LogP contribution in [0.4, 0.5) is 11.4 Å². The predicted octanol–water partition coefficient (Wildman–Crippen LogP) is 5.64. The minimum atomic E-state index is 0.571. The molecule has 0 spiro atoms. The topological polar surface area (TPSA) is 24.1 Å². The van der Waals surface area contributed by atoms with Gasteiger partial charge in [-0.25, -0.2) is 0 Å². The van der Waals surface area contributed by atoms with Crippen molar-refractivity contribution in [1.82, 2.24) is 0 Å². The molecular formula is C15H14Br2N2S. The molecule has 2 aromatic rings. The Labute approximate surface area is 141 Å². The molecule has 0 amide bonds. The second kappa shape index (κ2) is 6.70. The van der Waals surface area contributed by atoms with Crippen LogP contribution in [-0.4, -0.2) is 5.11 Å². The predicted molar refractivity (Wildman–Crippen MR) is 97.6 cm³/mol. The number of aryl methyl sites for hydroxylation is 2. The van der Waals surface area contributed by atoms with Crippen molar-refractivity contribution in [1.29, 1.82) is 0 Å². The highest BCUT2D eigenvalue weighted by atomic mass is 79.9. The van der Waals surface area contributed by atoms with E-state index in [1.165, 1.54) is 5.56 Å². The van der Waals surface area contributed by atoms with Crippen molar-refractivity contribution < 1.29 is 0 Å². The van der Waals surface area contributed by atoms with E-state index >= 15 is 0 Å². The Morgan fingerprint density at radius 2 is 1.65 bits per heavy atom. The van der Waals surface area contributed by atoms with Gasteiger partial charge in [0, 0.05) is 14.6 Å². The molecular weight excluding hydrogens is 400 g/mol. The Hall–Kier alpha value is -0.910. The number of halogens is 2. The fourth-order valence-electron chi connectivity index (χ4n) is 1.74. The first-order valence-corrected chi connectivity index (χ1v) is 8.05. The van der Waals surface area contributed by atoms with E-state index in [1.54, 1.807) is 0 Å². The van der Waals surface area contributed by atoms with E-state index in [0.29, 0.717) is 5.11 Å². The van der Waals surface area contributed by atoms with Gasteiger partial charge in [0.25, 0.3) is 0 Å². The number of anilines is 2. The van der Waals surface area contributed by atoms with Crippen molar-refractivity contribution in [3.63, 3.8) is 0 Å². The second-order valence-corrected chi connectivity index (χ2v) is 6.70. The van der Waals surface area contributed by atoms with Crippen LogP contribution >= 0.6 is 44.1 Å². The summed E-state index contributed by atoms with van der Waals surface area (Å²) in [5.74, 6) is 0. The monoisotopic (exact) mass is 412 g/mol. The quantitative estimate of drug-likeness (QED) is 0.623. The van der Waals surface area contributed by atoms with Crippen LogP contribution in [0.2, 0.25) is 0 Å². The second-order valence-electron chi connectivity index (χ2n) is 4.52. The molecule has 2 N–H and O–H groups in total. The normalized spacial score (nSPS) is 10.2. The Balaban J connectivity index is 2.11. The summed E-state index contributed by atoms with van der Waals surface area (Å²) in [6.07, 6.45) is 0. The summed E-state index contributed by atoms with van der Waals surface area (Å²) >= 11 is 12.3. The van der Waals surface area contributed by atoms with Crippen LogP contribution in [0.1, 0.15) is 11.1 Å². The maximum Gasteiger partial charge on any atom is 0.175 e. The fraction of sp³-hybridized carbons (Fsp3) is 0.133. The van der Waals surface area contributed by atoms with Gasteiger partial charge in [0.1, 0.15) is 0 Å². The van der Waals surface area contributed by atoms with Crippen molar-refractivity contribution in [2.24, 2.45) is 0 Å². The minimum Gasteiger partial charge on any atom is -0.332 e. The van der Waals surface area contributed by atoms with Crippen LogP contribution in [0, 0.1) is 13.8 Å². The van der Waals surface area contributed by atoms with Gasteiger partial charge >= 0.3 is 0 Å². The standard InChI is InChI=1S/C15H14Br2N2S/c1-9-3-4-10(2)14(7-9)19-15(20)18-13-6-5-11(16)8-12(13)17/h3-8H,1-2H3,(H2,18,19,20). The lowest BCUT2D eigenvalue weighted by Gasteiger charge is -2.14. The van der Waals surface area contributed by atoms with Gasteiger partial charge in [-0.15, -0.1) is 0 Å². The van der Waals surface area contributed by atoms with E-state index in [4.69, 9.17) is 12.2 Å². The number of hydrogen-bond acceptors (Lipinski definition) is 1. The molecule has 0 aliphatic rings. The van der Waals surface area contributed by atoms with Gasteiger partial charge in [0.15, 0.2) is 5.11 Å². The van der Waals surface area contributed by atoms with Crippen molar-refractivity contribution >= 4 is 60.6 Å². The van der Waals surface area contributed by atoms with E-state index in [1.807, 2.05) is 18.2 Å². The van der Waals surface area contributed by atoms with Gasteiger partial charge in [-0.05, 0) is 77.4 Å². The van der Waals surface area contributed by atoms with Crippen LogP contribution in [0.15, 0.2) is 45.3 Å². The summed E-state index contributed by atoms with van der Waals surface area (Å²) in [5, 5.41) is 6.99. The Morgan fingerprint density at radius 3 is 2.35 bits per heavy atom. The number of hydrogen-bond donors (Lipinski definition) is 2. The molecule has 0 saturated heterocycles. The van der Waals surface area contributed by atoms with Gasteiger partial charge in [-0.3, -0.25) is 0 Å². The molecule has 0 aliphatic heterocycles. The number of thiocarbonyl (C=S) groups is 1. The van der Waals surface area contributed by atoms with Gasteiger partial charge in [-0.2, -0.15) is 0 Å². The summed E-state index contributed by atoms with van der Waals surface area (Å²) in [4.78, 5) is 0. The molecule has 0 atom stereocenters. The Bertz CT molecular complexity index is 656. The molecule has 2 aromatic carbocycles. The highest BCUT2D eigenvalue weighted by Gasteiger charge is 2.05. The maximum atomic E-state index is 5.36. The first-order chi connectivity index (χ1) is 9.45. The summed E-state index contributed by atoms with van der Waals surface area (Å²) in [6, 6.07) is 12.2. The molecule has 104 valence electrons. The van der Waals surface area contributed by atoms with Crippen LogP contribution in [0.25, 0.3) is 0 Å². The number of nitrogens with one attached hydrogen (secondary N) is 2. The maximum absolute atomic E-state index is 5.36. The summed E-state index contributed by atoms with van der Waals surface area (Å²) in [5.41, 5.74) is 4.31. The highest BCUT2D eigenvalue weighted by molar-refractivity contribution is 9.11. The van der Waals surface area contributed by atoms with Crippen molar-refractivity contribution in [3.8, 4) is 0 Å². The third-order valence-electron chi connectivity index (χ3n) is 2.82. The lowest BCUT2D eigenvalue weighted by atomic mass is 10.1. The smallest absolute Gasteiger partial charge is 0.175 e. The molecule has 0 aliphatic carbocycles. The average Bonchev–Trinajstić information content (AvgIpc) is 2.37. The van der Waals surface area contributed by atoms with Crippen LogP contribution in [0.5, 0.6) is 0 Å². The highest BCUT2D eigenvalue weighted by Crippen LogP contribution is 2.26. The summed E-state index contributed by atoms with van der Waals surface area (Å²) in [6.45, 7) is 4.12. The lowest BCUT2D eigenvalue weighted by Crippen LogP contribution is -2.19. The van der Waals surface area contributed by atoms with Gasteiger partial charge in [0.2, 0.25) is 0 Å². The molecule has 0 radical (unpaired) electrons. The van der Waals surface area contributed by atoms with Crippen molar-refractivity contribution in [3.05, 3.63) is 56.5 Å². The summed E-state index contributed by atoms with van der Waals surface area (Å²) < 4.78 is 1.97. The minimum absolute atomic E-state index is 0.571. The Kier molecular flexibility index (Phi) is 5.18. The van der Waals surface area contributed by atoms with E-state index in [9.17, 15) is 0 Å². The molecule has 2 nitrogen and oxygen atoms in total. The van der Waals surface area contributed by atoms with Gasteiger partial charge in [0.05, 0.1) is 5.69 Å². The molecule has 5 heteroatoms. The Morgan fingerprint density at radius 1 is 0.950 bits per heavy atom. The van der Waals surface area contributed by atoms with Crippen molar-refractivity contribution in [2.45, 2.75) is 13.8 Å². The zero-order valence-electron chi connectivity index (χ0n) is 11.1. The lowest BCUT2D eigenvalue weighted by molar-refractivity contribution is 1.39. The van der Waals surface area contributed by atoms with Gasteiger partial charge < -0.3 is 10.6 Å². The average molecular weight is 414 g/mol. The van der Waals surface area contributed by atoms with E-state index < -0.39 is 0 Å². The van der Waals surface area contributed by atoms with Crippen LogP contribution in [0.3, 0.4) is 0 Å². The third kappa shape index (κ3) is 4.04. The number of rotatable bonds is 2. The third-order valence-corrected chi connectivity index (χ3v) is 4.17. The summed E-state index contributed by atoms with van der Waals surface area (Å²) in [7, 11) is 0. The van der Waals surface area contributed by atoms with Crippen LogP contribution in [-0.2, 0) is 0 Å². The molecule has 0 fully saturated rings. The van der Waals surface area contributed by atoms with E-state index in [-0.39, 0.29) is 0 Å². The van der Waals surface area contributed by atoms with E-state index in [0.717, 1.165) is 25.9 Å². The first kappa shape index (κ1) is 15.5. The molecule has 0 heterocycles. The molecule has 2 rings (SSSR count). The molecule has 0 saturated carbocycles. The zero-order chi connectivity index (χ0) is 14.7. The first-order valence-electron chi connectivity index (χ1n) is 6.06. The van der Waals surface area contributed by atoms with Crippen molar-refractivity contribution in [2.75, 3.05) is 10.6 Å². The van der Waals surface area contributed by atoms with Crippen LogP contribution < -0.4 is 10.6 Å². The zero-order valence-corrected chi connectivity index (χ0v) is 15.1. The SMILES string of the molecule is Cc1ccc(C)c(NC(=S)Nc2ccc(Br)cc2Br)c1. The molecule has 0 unspecified atom stereocenters. The number of benzene rings is 2. The largest absolute Gasteiger partial charge is 0.332 e. The van der Waals surface area contributed by atoms with Gasteiger partial charge in [-0.1, -0.05) is 28.1 Å². The van der Waals surface area contributed by atoms with E-state index in [2.05, 4.69) is 74.5 Å². The molecule has 0 aromatic heterocycles. The molecule has 0 bridgehead atoms. The molecule has 20 heavy (non-hydrogen) atoms. The fourth-order valence-corrected chi connectivity index (χ4v) is 3.10.